The van der Waals surface area contributed by atoms with E-state index in [1.807, 2.05) is 7.05 Å². The highest BCUT2D eigenvalue weighted by Crippen LogP contribution is 2.51. The van der Waals surface area contributed by atoms with Gasteiger partial charge in [0.25, 0.3) is 5.91 Å². The lowest BCUT2D eigenvalue weighted by Gasteiger charge is -2.18. The summed E-state index contributed by atoms with van der Waals surface area (Å²) < 4.78 is 0. The molecule has 94 valence electrons. The molecule has 4 nitrogen and oxygen atoms in total. The molecule has 4 N–H and O–H groups in total. The van der Waals surface area contributed by atoms with Gasteiger partial charge in [-0.3, -0.25) is 4.79 Å². The van der Waals surface area contributed by atoms with Crippen molar-refractivity contribution in [1.29, 1.82) is 0 Å². The van der Waals surface area contributed by atoms with Crippen LogP contribution in [-0.4, -0.2) is 19.5 Å². The second-order valence-corrected chi connectivity index (χ2v) is 5.62. The van der Waals surface area contributed by atoms with Crippen molar-refractivity contribution in [3.05, 3.63) is 10.4 Å². The smallest absolute Gasteiger partial charge is 0.260 e. The summed E-state index contributed by atoms with van der Waals surface area (Å²) in [5, 5.41) is 1.13. The van der Waals surface area contributed by atoms with Crippen molar-refractivity contribution < 1.29 is 4.79 Å². The molecule has 1 aliphatic rings. The number of carbonyl (C=O) groups excluding carboxylic acids is 1. The van der Waals surface area contributed by atoms with E-state index in [1.54, 1.807) is 0 Å². The molecule has 0 aliphatic heterocycles. The minimum absolute atomic E-state index is 0.412. The van der Waals surface area contributed by atoms with Crippen molar-refractivity contribution in [3.63, 3.8) is 0 Å². The zero-order valence-electron chi connectivity index (χ0n) is 10.3. The summed E-state index contributed by atoms with van der Waals surface area (Å²) in [6.07, 6.45) is 3.42. The molecule has 0 unspecified atom stereocenters. The number of nitrogens with two attached hydrogens (primary N) is 2. The summed E-state index contributed by atoms with van der Waals surface area (Å²) in [4.78, 5) is 14.0. The van der Waals surface area contributed by atoms with Crippen LogP contribution in [0.5, 0.6) is 0 Å². The molecular weight excluding hydrogens is 234 g/mol. The summed E-state index contributed by atoms with van der Waals surface area (Å²) in [7, 11) is 2.05. The summed E-state index contributed by atoms with van der Waals surface area (Å²) in [5.41, 5.74) is 13.2. The van der Waals surface area contributed by atoms with Crippen molar-refractivity contribution in [2.75, 3.05) is 24.2 Å². The number of hydrogen-bond donors (Lipinski definition) is 2. The zero-order valence-corrected chi connectivity index (χ0v) is 11.1. The van der Waals surface area contributed by atoms with E-state index in [0.29, 0.717) is 16.5 Å². The topological polar surface area (TPSA) is 72.3 Å². The number of hydrogen-bond acceptors (Lipinski definition) is 4. The van der Waals surface area contributed by atoms with Gasteiger partial charge in [0.15, 0.2) is 0 Å². The monoisotopic (exact) mass is 253 g/mol. The van der Waals surface area contributed by atoms with Gasteiger partial charge < -0.3 is 16.4 Å². The summed E-state index contributed by atoms with van der Waals surface area (Å²) in [5.74, 6) is 0.124. The number of nitrogen functional groups attached to an aromatic ring is 1. The molecule has 1 fully saturated rings. The van der Waals surface area contributed by atoms with Crippen molar-refractivity contribution in [2.24, 2.45) is 5.73 Å². The predicted molar refractivity (Wildman–Crippen MR) is 72.8 cm³/mol. The van der Waals surface area contributed by atoms with Crippen molar-refractivity contribution in [2.45, 2.75) is 32.1 Å². The molecule has 1 amide bonds. The van der Waals surface area contributed by atoms with Crippen LogP contribution < -0.4 is 16.4 Å². The highest BCUT2D eigenvalue weighted by atomic mass is 32.1. The first-order valence-corrected chi connectivity index (χ1v) is 6.81. The highest BCUT2D eigenvalue weighted by molar-refractivity contribution is 7.18. The van der Waals surface area contributed by atoms with Crippen molar-refractivity contribution >= 4 is 27.9 Å². The van der Waals surface area contributed by atoms with Crippen LogP contribution in [0.1, 0.15) is 47.3 Å². The fourth-order valence-corrected chi connectivity index (χ4v) is 3.26. The van der Waals surface area contributed by atoms with Crippen LogP contribution in [0.4, 0.5) is 10.7 Å². The fourth-order valence-electron chi connectivity index (χ4n) is 2.11. The van der Waals surface area contributed by atoms with Gasteiger partial charge in [-0.15, -0.1) is 11.3 Å². The van der Waals surface area contributed by atoms with Gasteiger partial charge >= 0.3 is 0 Å². The number of primary amides is 1. The molecule has 1 aliphatic carbocycles. The Bertz CT molecular complexity index is 437. The first-order valence-electron chi connectivity index (χ1n) is 5.99. The number of rotatable bonds is 5. The molecule has 1 saturated carbocycles. The molecule has 0 radical (unpaired) electrons. The van der Waals surface area contributed by atoms with E-state index in [1.165, 1.54) is 24.2 Å². The molecule has 0 aromatic carbocycles. The minimum atomic E-state index is -0.412. The van der Waals surface area contributed by atoms with Gasteiger partial charge in [-0.1, -0.05) is 6.92 Å². The Balaban J connectivity index is 2.42. The third kappa shape index (κ3) is 2.24. The normalized spacial score (nSPS) is 14.9. The molecule has 0 bridgehead atoms. The average molecular weight is 253 g/mol. The molecule has 5 heteroatoms. The Hall–Kier alpha value is -1.23. The SMILES string of the molecule is CCCN(C)c1sc(C(N)=O)c(N)c1C1CC1. The first-order chi connectivity index (χ1) is 8.06. The number of anilines is 2. The Morgan fingerprint density at radius 2 is 2.18 bits per heavy atom. The van der Waals surface area contributed by atoms with Gasteiger partial charge in [-0.2, -0.15) is 0 Å². The first kappa shape index (κ1) is 12.2. The summed E-state index contributed by atoms with van der Waals surface area (Å²) in [6.45, 7) is 3.11. The highest BCUT2D eigenvalue weighted by Gasteiger charge is 2.33. The molecule has 2 rings (SSSR count). The van der Waals surface area contributed by atoms with Gasteiger partial charge in [0, 0.05) is 19.2 Å². The van der Waals surface area contributed by atoms with E-state index in [9.17, 15) is 4.79 Å². The Labute approximate surface area is 106 Å². The van der Waals surface area contributed by atoms with Gasteiger partial charge in [0.05, 0.1) is 10.7 Å². The fraction of sp³-hybridized carbons (Fsp3) is 0.583. The largest absolute Gasteiger partial charge is 0.397 e. The maximum atomic E-state index is 11.3. The molecule has 17 heavy (non-hydrogen) atoms. The number of nitrogens with zero attached hydrogens (tertiary/aromatic N) is 1. The molecule has 1 heterocycles. The quantitative estimate of drug-likeness (QED) is 0.844. The third-order valence-corrected chi connectivity index (χ3v) is 4.43. The zero-order chi connectivity index (χ0) is 12.6. The lowest BCUT2D eigenvalue weighted by atomic mass is 10.1. The molecule has 1 aromatic heterocycles. The lowest BCUT2D eigenvalue weighted by molar-refractivity contribution is 0.100. The van der Waals surface area contributed by atoms with Crippen LogP contribution in [0.3, 0.4) is 0 Å². The lowest BCUT2D eigenvalue weighted by Crippen LogP contribution is -2.17. The van der Waals surface area contributed by atoms with E-state index in [-0.39, 0.29) is 0 Å². The van der Waals surface area contributed by atoms with Crippen molar-refractivity contribution in [1.82, 2.24) is 0 Å². The second kappa shape index (κ2) is 4.56. The van der Waals surface area contributed by atoms with Gasteiger partial charge in [-0.05, 0) is 25.2 Å². The molecular formula is C12H19N3OS. The average Bonchev–Trinajstić information content (AvgIpc) is 3.02. The van der Waals surface area contributed by atoms with Crippen molar-refractivity contribution in [3.8, 4) is 0 Å². The van der Waals surface area contributed by atoms with Crippen LogP contribution in [-0.2, 0) is 0 Å². The van der Waals surface area contributed by atoms with E-state index >= 15 is 0 Å². The van der Waals surface area contributed by atoms with Gasteiger partial charge in [-0.25, -0.2) is 0 Å². The maximum absolute atomic E-state index is 11.3. The van der Waals surface area contributed by atoms with Crippen LogP contribution in [0.25, 0.3) is 0 Å². The van der Waals surface area contributed by atoms with Crippen LogP contribution in [0, 0.1) is 0 Å². The summed E-state index contributed by atoms with van der Waals surface area (Å²) in [6, 6.07) is 0. The molecule has 1 aromatic rings. The number of carbonyl (C=O) groups is 1. The van der Waals surface area contributed by atoms with Crippen LogP contribution in [0.2, 0.25) is 0 Å². The molecule has 0 spiro atoms. The van der Waals surface area contributed by atoms with E-state index in [4.69, 9.17) is 11.5 Å². The standard InChI is InChI=1S/C12H19N3OS/c1-3-6-15(2)12-8(7-4-5-7)9(13)10(17-12)11(14)16/h7H,3-6,13H2,1-2H3,(H2,14,16). The summed E-state index contributed by atoms with van der Waals surface area (Å²) >= 11 is 1.44. The number of thiophene rings is 1. The van der Waals surface area contributed by atoms with E-state index in [2.05, 4.69) is 11.8 Å². The Morgan fingerprint density at radius 1 is 1.53 bits per heavy atom. The second-order valence-electron chi connectivity index (χ2n) is 4.62. The van der Waals surface area contributed by atoms with Crippen LogP contribution >= 0.6 is 11.3 Å². The van der Waals surface area contributed by atoms with Crippen LogP contribution in [0.15, 0.2) is 0 Å². The van der Waals surface area contributed by atoms with Gasteiger partial charge in [0.2, 0.25) is 0 Å². The van der Waals surface area contributed by atoms with Gasteiger partial charge in [0.1, 0.15) is 4.88 Å². The Kier molecular flexibility index (Phi) is 3.28. The van der Waals surface area contributed by atoms with E-state index in [0.717, 1.165) is 23.5 Å². The van der Waals surface area contributed by atoms with E-state index < -0.39 is 5.91 Å². The minimum Gasteiger partial charge on any atom is -0.397 e. The molecule has 0 saturated heterocycles. The maximum Gasteiger partial charge on any atom is 0.260 e. The Morgan fingerprint density at radius 3 is 2.65 bits per heavy atom. The number of amides is 1. The predicted octanol–water partition coefficient (Wildman–Crippen LogP) is 2.15. The molecule has 0 atom stereocenters. The third-order valence-electron chi connectivity index (χ3n) is 3.08.